The second kappa shape index (κ2) is 3.62. The molecule has 0 spiro atoms. The van der Waals surface area contributed by atoms with E-state index in [-0.39, 0.29) is 16.5 Å². The normalized spacial score (nSPS) is 9.77. The van der Waals surface area contributed by atoms with Crippen molar-refractivity contribution in [3.8, 4) is 5.88 Å². The summed E-state index contributed by atoms with van der Waals surface area (Å²) < 4.78 is 4.49. The monoisotopic (exact) mass is 201 g/mol. The van der Waals surface area contributed by atoms with Gasteiger partial charge in [-0.1, -0.05) is 11.6 Å². The first kappa shape index (κ1) is 9.80. The van der Waals surface area contributed by atoms with Gasteiger partial charge in [-0.05, 0) is 13.0 Å². The van der Waals surface area contributed by atoms with E-state index in [0.717, 1.165) is 0 Å². The molecule has 0 saturated heterocycles. The van der Waals surface area contributed by atoms with E-state index in [1.165, 1.54) is 13.2 Å². The van der Waals surface area contributed by atoms with Crippen LogP contribution in [-0.2, 0) is 4.74 Å². The van der Waals surface area contributed by atoms with Crippen LogP contribution in [0.4, 0.5) is 0 Å². The van der Waals surface area contributed by atoms with E-state index in [1.807, 2.05) is 0 Å². The number of halogens is 1. The first-order valence-electron chi connectivity index (χ1n) is 3.50. The summed E-state index contributed by atoms with van der Waals surface area (Å²) in [5.41, 5.74) is 0.638. The minimum Gasteiger partial charge on any atom is -0.492 e. The van der Waals surface area contributed by atoms with Crippen molar-refractivity contribution < 1.29 is 14.6 Å². The summed E-state index contributed by atoms with van der Waals surface area (Å²) in [5, 5.41) is 9.12. The third kappa shape index (κ3) is 1.89. The maximum absolute atomic E-state index is 11.1. The Bertz CT molecular complexity index is 351. The van der Waals surface area contributed by atoms with Crippen LogP contribution in [0.2, 0.25) is 5.02 Å². The standard InChI is InChI=1S/C8H8ClNO3/c1-4-5(8(12)13-2)3-6(9)7(11)10-4/h3H,1-2H3,(H,10,11). The van der Waals surface area contributed by atoms with Crippen molar-refractivity contribution >= 4 is 17.6 Å². The molecule has 0 aromatic carbocycles. The van der Waals surface area contributed by atoms with Crippen molar-refractivity contribution in [2.24, 2.45) is 0 Å². The second-order valence-electron chi connectivity index (χ2n) is 2.42. The van der Waals surface area contributed by atoms with E-state index < -0.39 is 5.97 Å². The number of nitrogens with zero attached hydrogens (tertiary/aromatic N) is 1. The maximum Gasteiger partial charge on any atom is 0.339 e. The molecule has 0 aliphatic heterocycles. The second-order valence-corrected chi connectivity index (χ2v) is 2.83. The number of carbonyl (C=O) groups excluding carboxylic acids is 1. The molecule has 0 radical (unpaired) electrons. The topological polar surface area (TPSA) is 59.4 Å². The highest BCUT2D eigenvalue weighted by molar-refractivity contribution is 6.32. The van der Waals surface area contributed by atoms with E-state index in [9.17, 15) is 4.79 Å². The van der Waals surface area contributed by atoms with Gasteiger partial charge >= 0.3 is 5.97 Å². The van der Waals surface area contributed by atoms with Gasteiger partial charge in [-0.25, -0.2) is 9.78 Å². The Morgan fingerprint density at radius 3 is 2.85 bits per heavy atom. The summed E-state index contributed by atoms with van der Waals surface area (Å²) in [7, 11) is 1.27. The van der Waals surface area contributed by atoms with Crippen LogP contribution in [0.25, 0.3) is 0 Å². The number of rotatable bonds is 1. The van der Waals surface area contributed by atoms with E-state index in [4.69, 9.17) is 16.7 Å². The number of aromatic nitrogens is 1. The third-order valence-electron chi connectivity index (χ3n) is 1.55. The van der Waals surface area contributed by atoms with Gasteiger partial charge in [0, 0.05) is 0 Å². The highest BCUT2D eigenvalue weighted by Crippen LogP contribution is 2.23. The number of hydrogen-bond acceptors (Lipinski definition) is 4. The smallest absolute Gasteiger partial charge is 0.339 e. The summed E-state index contributed by atoms with van der Waals surface area (Å²) in [6, 6.07) is 1.32. The Morgan fingerprint density at radius 2 is 2.31 bits per heavy atom. The molecule has 1 rings (SSSR count). The zero-order valence-electron chi connectivity index (χ0n) is 7.17. The lowest BCUT2D eigenvalue weighted by Gasteiger charge is -2.04. The molecule has 0 atom stereocenters. The predicted octanol–water partition coefficient (Wildman–Crippen LogP) is 1.54. The van der Waals surface area contributed by atoms with E-state index in [0.29, 0.717) is 5.69 Å². The molecule has 0 unspecified atom stereocenters. The van der Waals surface area contributed by atoms with Crippen molar-refractivity contribution in [2.45, 2.75) is 6.92 Å². The summed E-state index contributed by atoms with van der Waals surface area (Å²) in [4.78, 5) is 14.8. The average Bonchev–Trinajstić information content (AvgIpc) is 2.10. The van der Waals surface area contributed by atoms with Crippen LogP contribution in [0.1, 0.15) is 16.1 Å². The highest BCUT2D eigenvalue weighted by Gasteiger charge is 2.13. The lowest BCUT2D eigenvalue weighted by molar-refractivity contribution is 0.0599. The Labute approximate surface area is 80.1 Å². The van der Waals surface area contributed by atoms with Crippen LogP contribution in [0, 0.1) is 6.92 Å². The summed E-state index contributed by atoms with van der Waals surface area (Å²) in [6.07, 6.45) is 0. The molecule has 5 heteroatoms. The maximum atomic E-state index is 11.1. The van der Waals surface area contributed by atoms with Gasteiger partial charge in [0.1, 0.15) is 5.02 Å². The summed E-state index contributed by atoms with van der Waals surface area (Å²) >= 11 is 5.57. The van der Waals surface area contributed by atoms with Gasteiger partial charge in [-0.2, -0.15) is 0 Å². The van der Waals surface area contributed by atoms with Crippen LogP contribution in [0.5, 0.6) is 5.88 Å². The van der Waals surface area contributed by atoms with Crippen LogP contribution in [0.3, 0.4) is 0 Å². The number of hydrogen-bond donors (Lipinski definition) is 1. The van der Waals surface area contributed by atoms with Crippen molar-refractivity contribution in [1.29, 1.82) is 0 Å². The van der Waals surface area contributed by atoms with Gasteiger partial charge in [-0.15, -0.1) is 0 Å². The number of pyridine rings is 1. The number of esters is 1. The molecule has 13 heavy (non-hydrogen) atoms. The van der Waals surface area contributed by atoms with Crippen molar-refractivity contribution in [3.63, 3.8) is 0 Å². The van der Waals surface area contributed by atoms with Gasteiger partial charge in [0.05, 0.1) is 18.4 Å². The Hall–Kier alpha value is -1.29. The fourth-order valence-electron chi connectivity index (χ4n) is 0.885. The number of ether oxygens (including phenoxy) is 1. The molecule has 0 aliphatic rings. The van der Waals surface area contributed by atoms with Crippen molar-refractivity contribution in [3.05, 3.63) is 22.3 Å². The average molecular weight is 202 g/mol. The van der Waals surface area contributed by atoms with Gasteiger partial charge in [0.25, 0.3) is 0 Å². The number of carbonyl (C=O) groups is 1. The predicted molar refractivity (Wildman–Crippen MR) is 47.0 cm³/mol. The van der Waals surface area contributed by atoms with Gasteiger partial charge in [0.15, 0.2) is 0 Å². The zero-order valence-corrected chi connectivity index (χ0v) is 7.92. The molecule has 0 amide bonds. The highest BCUT2D eigenvalue weighted by atomic mass is 35.5. The lowest BCUT2D eigenvalue weighted by Crippen LogP contribution is -2.05. The van der Waals surface area contributed by atoms with Crippen LogP contribution in [0.15, 0.2) is 6.07 Å². The molecule has 0 bridgehead atoms. The van der Waals surface area contributed by atoms with Gasteiger partial charge in [0.2, 0.25) is 5.88 Å². The first-order valence-corrected chi connectivity index (χ1v) is 3.88. The molecule has 0 fully saturated rings. The van der Waals surface area contributed by atoms with Crippen LogP contribution in [-0.4, -0.2) is 23.2 Å². The Kier molecular flexibility index (Phi) is 2.72. The van der Waals surface area contributed by atoms with E-state index in [1.54, 1.807) is 6.92 Å². The molecule has 0 aliphatic carbocycles. The fraction of sp³-hybridized carbons (Fsp3) is 0.250. The minimum absolute atomic E-state index is 0.0333. The van der Waals surface area contributed by atoms with Gasteiger partial charge < -0.3 is 9.84 Å². The van der Waals surface area contributed by atoms with Gasteiger partial charge in [-0.3, -0.25) is 0 Å². The molecule has 4 nitrogen and oxygen atoms in total. The molecule has 1 N–H and O–H groups in total. The Balaban J connectivity index is 3.23. The fourth-order valence-corrected chi connectivity index (χ4v) is 1.04. The molecule has 1 aromatic rings. The SMILES string of the molecule is COC(=O)c1cc(Cl)c(O)nc1C. The largest absolute Gasteiger partial charge is 0.492 e. The summed E-state index contributed by atoms with van der Waals surface area (Å²) in [5.74, 6) is -0.807. The number of aryl methyl sites for hydroxylation is 1. The van der Waals surface area contributed by atoms with E-state index >= 15 is 0 Å². The minimum atomic E-state index is -0.521. The molecule has 1 heterocycles. The lowest BCUT2D eigenvalue weighted by atomic mass is 10.2. The molecule has 70 valence electrons. The van der Waals surface area contributed by atoms with Crippen molar-refractivity contribution in [1.82, 2.24) is 4.98 Å². The molecule has 1 aromatic heterocycles. The number of aromatic hydroxyl groups is 1. The molecular weight excluding hydrogens is 194 g/mol. The Morgan fingerprint density at radius 1 is 1.69 bits per heavy atom. The molecular formula is C8H8ClNO3. The number of methoxy groups -OCH3 is 1. The summed E-state index contributed by atoms with van der Waals surface area (Å²) in [6.45, 7) is 1.59. The first-order chi connectivity index (χ1) is 6.06. The quantitative estimate of drug-likeness (QED) is 0.701. The zero-order chi connectivity index (χ0) is 10.0. The third-order valence-corrected chi connectivity index (χ3v) is 1.83. The van der Waals surface area contributed by atoms with Crippen molar-refractivity contribution in [2.75, 3.05) is 7.11 Å². The van der Waals surface area contributed by atoms with Crippen LogP contribution >= 0.6 is 11.6 Å². The van der Waals surface area contributed by atoms with Crippen LogP contribution < -0.4 is 0 Å². The van der Waals surface area contributed by atoms with E-state index in [2.05, 4.69) is 9.72 Å². The molecule has 0 saturated carbocycles.